The molecule has 1 aliphatic carbocycles. The normalized spacial score (nSPS) is 15.5. The summed E-state index contributed by atoms with van der Waals surface area (Å²) in [5.41, 5.74) is 0. The van der Waals surface area contributed by atoms with Gasteiger partial charge in [0.05, 0.1) is 20.1 Å². The van der Waals surface area contributed by atoms with Crippen LogP contribution in [0.15, 0.2) is 0 Å². The fourth-order valence-corrected chi connectivity index (χ4v) is 1.33. The zero-order chi connectivity index (χ0) is 10.1. The smallest absolute Gasteiger partial charge is 0.308 e. The van der Waals surface area contributed by atoms with Crippen molar-refractivity contribution in [3.8, 4) is 0 Å². The van der Waals surface area contributed by atoms with Crippen LogP contribution >= 0.6 is 0 Å². The van der Waals surface area contributed by atoms with Crippen molar-refractivity contribution in [1.29, 1.82) is 0 Å². The molecule has 4 heteroatoms. The maximum Gasteiger partial charge on any atom is 0.308 e. The van der Waals surface area contributed by atoms with Crippen molar-refractivity contribution in [3.05, 3.63) is 0 Å². The summed E-state index contributed by atoms with van der Waals surface area (Å²) < 4.78 is 8.46. The van der Waals surface area contributed by atoms with Gasteiger partial charge in [0.1, 0.15) is 0 Å². The minimum absolute atomic E-state index is 0.0208. The van der Waals surface area contributed by atoms with Gasteiger partial charge in [0.25, 0.3) is 6.47 Å². The van der Waals surface area contributed by atoms with E-state index in [4.69, 9.17) is 4.79 Å². The molecule has 0 N–H and O–H groups in total. The first kappa shape index (κ1) is 11.9. The molecule has 0 spiro atoms. The van der Waals surface area contributed by atoms with E-state index < -0.39 is 0 Å². The topological polar surface area (TPSA) is 52.6 Å². The van der Waals surface area contributed by atoms with Crippen molar-refractivity contribution in [2.24, 2.45) is 5.92 Å². The van der Waals surface area contributed by atoms with Crippen LogP contribution in [-0.4, -0.2) is 26.7 Å². The molecule has 0 atom stereocenters. The van der Waals surface area contributed by atoms with E-state index in [0.717, 1.165) is 12.8 Å². The van der Waals surface area contributed by atoms with Crippen LogP contribution in [0.5, 0.6) is 0 Å². The van der Waals surface area contributed by atoms with Gasteiger partial charge < -0.3 is 9.47 Å². The van der Waals surface area contributed by atoms with Gasteiger partial charge >= 0.3 is 5.97 Å². The summed E-state index contributed by atoms with van der Waals surface area (Å²) in [5, 5.41) is 0. The molecule has 1 rings (SSSR count). The molecule has 0 aromatic heterocycles. The lowest BCUT2D eigenvalue weighted by molar-refractivity contribution is -0.145. The lowest BCUT2D eigenvalue weighted by Crippen LogP contribution is -2.11. The van der Waals surface area contributed by atoms with Gasteiger partial charge in [-0.15, -0.1) is 0 Å². The van der Waals surface area contributed by atoms with E-state index in [0.29, 0.717) is 6.47 Å². The minimum atomic E-state index is -0.0208. The number of ether oxygens (including phenoxy) is 2. The largest absolute Gasteiger partial charge is 0.471 e. The predicted octanol–water partition coefficient (Wildman–Crippen LogP) is 1.14. The second-order valence-corrected chi connectivity index (χ2v) is 2.84. The Morgan fingerprint density at radius 2 is 1.77 bits per heavy atom. The van der Waals surface area contributed by atoms with E-state index in [2.05, 4.69) is 9.47 Å². The summed E-state index contributed by atoms with van der Waals surface area (Å²) >= 11 is 0. The van der Waals surface area contributed by atoms with Crippen LogP contribution in [0, 0.1) is 5.92 Å². The Hall–Kier alpha value is -1.06. The summed E-state index contributed by atoms with van der Waals surface area (Å²) in [4.78, 5) is 19.7. The Bertz CT molecular complexity index is 150. The monoisotopic (exact) mass is 188 g/mol. The summed E-state index contributed by atoms with van der Waals surface area (Å²) in [6.07, 6.45) is 4.46. The van der Waals surface area contributed by atoms with Gasteiger partial charge in [0.2, 0.25) is 0 Å². The average Bonchev–Trinajstić information content (AvgIpc) is 2.70. The van der Waals surface area contributed by atoms with Gasteiger partial charge in [0.15, 0.2) is 0 Å². The summed E-state index contributed by atoms with van der Waals surface area (Å²) in [5.74, 6) is 0.197. The first-order valence-electron chi connectivity index (χ1n) is 4.30. The number of rotatable bonds is 2. The van der Waals surface area contributed by atoms with Crippen molar-refractivity contribution >= 4 is 12.4 Å². The summed E-state index contributed by atoms with van der Waals surface area (Å²) in [7, 11) is 2.77. The van der Waals surface area contributed by atoms with Crippen molar-refractivity contribution in [3.63, 3.8) is 0 Å². The van der Waals surface area contributed by atoms with E-state index in [9.17, 15) is 4.79 Å². The van der Waals surface area contributed by atoms with Gasteiger partial charge in [-0.25, -0.2) is 0 Å². The molecule has 1 fully saturated rings. The van der Waals surface area contributed by atoms with Crippen LogP contribution in [0.4, 0.5) is 0 Å². The molecule has 0 heterocycles. The molecule has 0 bridgehead atoms. The average molecular weight is 188 g/mol. The van der Waals surface area contributed by atoms with Crippen LogP contribution in [0.2, 0.25) is 0 Å². The standard InChI is InChI=1S/C7H12O2.C2H4O2/c1-9-7(8)6-4-2-3-5-6;1-4-2-3/h6H,2-5H2,1H3;2H,1H3. The third-order valence-electron chi connectivity index (χ3n) is 1.99. The first-order chi connectivity index (χ1) is 6.26. The van der Waals surface area contributed by atoms with E-state index in [1.165, 1.54) is 27.1 Å². The molecule has 13 heavy (non-hydrogen) atoms. The van der Waals surface area contributed by atoms with Gasteiger partial charge in [-0.1, -0.05) is 12.8 Å². The molecule has 0 unspecified atom stereocenters. The van der Waals surface area contributed by atoms with Crippen LogP contribution in [0.1, 0.15) is 25.7 Å². The highest BCUT2D eigenvalue weighted by atomic mass is 16.5. The van der Waals surface area contributed by atoms with Crippen molar-refractivity contribution in [2.45, 2.75) is 25.7 Å². The first-order valence-corrected chi connectivity index (χ1v) is 4.30. The molecule has 76 valence electrons. The Morgan fingerprint density at radius 3 is 2.08 bits per heavy atom. The molecular weight excluding hydrogens is 172 g/mol. The molecule has 0 saturated heterocycles. The molecular formula is C9H16O4. The number of hydrogen-bond donors (Lipinski definition) is 0. The maximum absolute atomic E-state index is 10.8. The highest BCUT2D eigenvalue weighted by Gasteiger charge is 2.22. The van der Waals surface area contributed by atoms with Crippen LogP contribution in [0.3, 0.4) is 0 Å². The van der Waals surface area contributed by atoms with Crippen molar-refractivity contribution in [2.75, 3.05) is 14.2 Å². The van der Waals surface area contributed by atoms with E-state index >= 15 is 0 Å². The number of esters is 1. The van der Waals surface area contributed by atoms with Crippen molar-refractivity contribution in [1.82, 2.24) is 0 Å². The third-order valence-corrected chi connectivity index (χ3v) is 1.99. The zero-order valence-electron chi connectivity index (χ0n) is 8.12. The molecule has 4 nitrogen and oxygen atoms in total. The van der Waals surface area contributed by atoms with Crippen LogP contribution < -0.4 is 0 Å². The number of carbonyl (C=O) groups is 2. The highest BCUT2D eigenvalue weighted by Crippen LogP contribution is 2.25. The van der Waals surface area contributed by atoms with E-state index in [1.54, 1.807) is 0 Å². The Balaban J connectivity index is 0.000000310. The Kier molecular flexibility index (Phi) is 6.96. The molecule has 0 aromatic rings. The molecule has 0 aromatic carbocycles. The lowest BCUT2D eigenvalue weighted by Gasteiger charge is -2.03. The fourth-order valence-electron chi connectivity index (χ4n) is 1.33. The third kappa shape index (κ3) is 5.22. The molecule has 1 saturated carbocycles. The second-order valence-electron chi connectivity index (χ2n) is 2.84. The molecule has 0 aliphatic heterocycles. The number of hydrogen-bond acceptors (Lipinski definition) is 4. The predicted molar refractivity (Wildman–Crippen MR) is 47.0 cm³/mol. The maximum atomic E-state index is 10.8. The van der Waals surface area contributed by atoms with Crippen LogP contribution in [0.25, 0.3) is 0 Å². The van der Waals surface area contributed by atoms with Crippen molar-refractivity contribution < 1.29 is 19.1 Å². The fraction of sp³-hybridized carbons (Fsp3) is 0.778. The van der Waals surface area contributed by atoms with E-state index in [-0.39, 0.29) is 11.9 Å². The zero-order valence-corrected chi connectivity index (χ0v) is 8.12. The van der Waals surface area contributed by atoms with Gasteiger partial charge in [-0.05, 0) is 12.8 Å². The van der Waals surface area contributed by atoms with Gasteiger partial charge in [0, 0.05) is 0 Å². The summed E-state index contributed by atoms with van der Waals surface area (Å²) in [6, 6.07) is 0. The van der Waals surface area contributed by atoms with Gasteiger partial charge in [-0.3, -0.25) is 9.59 Å². The van der Waals surface area contributed by atoms with Crippen LogP contribution in [-0.2, 0) is 19.1 Å². The Morgan fingerprint density at radius 1 is 1.31 bits per heavy atom. The number of carbonyl (C=O) groups excluding carboxylic acids is 2. The summed E-state index contributed by atoms with van der Waals surface area (Å²) in [6.45, 7) is 0.375. The Labute approximate surface area is 78.2 Å². The molecule has 0 radical (unpaired) electrons. The molecule has 0 amide bonds. The lowest BCUT2D eigenvalue weighted by atomic mass is 10.1. The molecule has 1 aliphatic rings. The SMILES string of the molecule is COC(=O)C1CCCC1.COC=O. The van der Waals surface area contributed by atoms with E-state index in [1.807, 2.05) is 0 Å². The second kappa shape index (κ2) is 7.58. The van der Waals surface area contributed by atoms with Gasteiger partial charge in [-0.2, -0.15) is 0 Å². The number of methoxy groups -OCH3 is 2. The minimum Gasteiger partial charge on any atom is -0.471 e. The quantitative estimate of drug-likeness (QED) is 0.481. The highest BCUT2D eigenvalue weighted by molar-refractivity contribution is 5.72.